The number of hydrogen-bond donors (Lipinski definition) is 3. The Balaban J connectivity index is 1.54. The predicted octanol–water partition coefficient (Wildman–Crippen LogP) is 4.53. The van der Waals surface area contributed by atoms with Crippen LogP contribution in [0, 0.1) is 5.82 Å². The SMILES string of the molecule is CNC(=O)Nc1ccc(-c2nc(-c3nnc(Cc4ccc(F)cc4)o3)c(O)c3ncccc23)cc1. The van der Waals surface area contributed by atoms with E-state index >= 15 is 0 Å². The first-order valence-corrected chi connectivity index (χ1v) is 10.7. The summed E-state index contributed by atoms with van der Waals surface area (Å²) in [6, 6.07) is 16.3. The third-order valence-electron chi connectivity index (χ3n) is 5.32. The van der Waals surface area contributed by atoms with Gasteiger partial charge >= 0.3 is 6.03 Å². The highest BCUT2D eigenvalue weighted by Crippen LogP contribution is 2.38. The molecule has 5 rings (SSSR count). The average Bonchev–Trinajstić information content (AvgIpc) is 3.34. The van der Waals surface area contributed by atoms with Crippen LogP contribution in [0.4, 0.5) is 14.9 Å². The Morgan fingerprint density at radius 3 is 2.54 bits per heavy atom. The molecule has 35 heavy (non-hydrogen) atoms. The van der Waals surface area contributed by atoms with Crippen LogP contribution < -0.4 is 10.6 Å². The maximum Gasteiger partial charge on any atom is 0.318 e. The van der Waals surface area contributed by atoms with E-state index in [0.29, 0.717) is 34.6 Å². The third kappa shape index (κ3) is 4.49. The second-order valence-electron chi connectivity index (χ2n) is 7.64. The smallest absolute Gasteiger partial charge is 0.318 e. The summed E-state index contributed by atoms with van der Waals surface area (Å²) >= 11 is 0. The summed E-state index contributed by atoms with van der Waals surface area (Å²) in [4.78, 5) is 20.5. The summed E-state index contributed by atoms with van der Waals surface area (Å²) in [5, 5.41) is 24.9. The van der Waals surface area contributed by atoms with Gasteiger partial charge in [-0.25, -0.2) is 14.2 Å². The van der Waals surface area contributed by atoms with Gasteiger partial charge in [0.1, 0.15) is 11.3 Å². The summed E-state index contributed by atoms with van der Waals surface area (Å²) in [5.41, 5.74) is 3.11. The van der Waals surface area contributed by atoms with Crippen molar-refractivity contribution in [2.24, 2.45) is 0 Å². The quantitative estimate of drug-likeness (QED) is 0.344. The fraction of sp³-hybridized carbons (Fsp3) is 0.0800. The average molecular weight is 470 g/mol. The Morgan fingerprint density at radius 1 is 1.03 bits per heavy atom. The number of carbonyl (C=O) groups excluding carboxylic acids is 1. The van der Waals surface area contributed by atoms with Crippen LogP contribution in [0.2, 0.25) is 0 Å². The lowest BCUT2D eigenvalue weighted by Crippen LogP contribution is -2.24. The molecule has 0 spiro atoms. The van der Waals surface area contributed by atoms with Gasteiger partial charge in [0.25, 0.3) is 5.89 Å². The van der Waals surface area contributed by atoms with Gasteiger partial charge in [-0.1, -0.05) is 24.3 Å². The molecule has 0 atom stereocenters. The molecule has 2 amide bonds. The van der Waals surface area contributed by atoms with Crippen molar-refractivity contribution in [2.75, 3.05) is 12.4 Å². The Hall–Kier alpha value is -4.86. The lowest BCUT2D eigenvalue weighted by atomic mass is 10.0. The standard InChI is InChI=1S/C25H19FN6O3/c1-27-25(34)29-17-10-6-15(7-11-17)20-18-3-2-12-28-21(18)23(33)22(30-20)24-32-31-19(35-24)13-14-4-8-16(26)9-5-14/h2-12,33H,13H2,1H3,(H2,27,29,34). The Bertz CT molecular complexity index is 1520. The van der Waals surface area contributed by atoms with Crippen molar-refractivity contribution in [1.82, 2.24) is 25.5 Å². The molecule has 3 N–H and O–H groups in total. The zero-order valence-corrected chi connectivity index (χ0v) is 18.5. The summed E-state index contributed by atoms with van der Waals surface area (Å²) < 4.78 is 19.0. The number of urea groups is 1. The van der Waals surface area contributed by atoms with E-state index in [4.69, 9.17) is 4.42 Å². The fourth-order valence-electron chi connectivity index (χ4n) is 3.59. The number of aromatic nitrogens is 4. The number of nitrogens with one attached hydrogen (secondary N) is 2. The summed E-state index contributed by atoms with van der Waals surface area (Å²) in [6.07, 6.45) is 1.87. The molecule has 5 aromatic rings. The summed E-state index contributed by atoms with van der Waals surface area (Å²) in [5.74, 6) is -0.187. The lowest BCUT2D eigenvalue weighted by Gasteiger charge is -2.11. The molecule has 174 valence electrons. The number of halogens is 1. The van der Waals surface area contributed by atoms with Gasteiger partial charge < -0.3 is 20.2 Å². The van der Waals surface area contributed by atoms with Crippen molar-refractivity contribution in [2.45, 2.75) is 6.42 Å². The first-order chi connectivity index (χ1) is 17.0. The Morgan fingerprint density at radius 2 is 1.80 bits per heavy atom. The molecule has 0 fully saturated rings. The van der Waals surface area contributed by atoms with Gasteiger partial charge in [-0.15, -0.1) is 10.2 Å². The van der Waals surface area contributed by atoms with Crippen LogP contribution in [-0.2, 0) is 6.42 Å². The molecule has 0 unspecified atom stereocenters. The molecular formula is C25H19FN6O3. The number of hydrogen-bond acceptors (Lipinski definition) is 7. The van der Waals surface area contributed by atoms with Crippen molar-refractivity contribution >= 4 is 22.6 Å². The van der Waals surface area contributed by atoms with Crippen LogP contribution in [0.5, 0.6) is 5.75 Å². The van der Waals surface area contributed by atoms with Crippen molar-refractivity contribution in [3.63, 3.8) is 0 Å². The fourth-order valence-corrected chi connectivity index (χ4v) is 3.59. The Kier molecular flexibility index (Phi) is 5.76. The van der Waals surface area contributed by atoms with Crippen LogP contribution in [0.15, 0.2) is 71.3 Å². The van der Waals surface area contributed by atoms with E-state index in [1.54, 1.807) is 54.7 Å². The van der Waals surface area contributed by atoms with Gasteiger partial charge in [0, 0.05) is 29.9 Å². The van der Waals surface area contributed by atoms with E-state index < -0.39 is 0 Å². The van der Waals surface area contributed by atoms with E-state index in [9.17, 15) is 14.3 Å². The molecule has 0 bridgehead atoms. The number of pyridine rings is 2. The lowest BCUT2D eigenvalue weighted by molar-refractivity contribution is 0.254. The maximum atomic E-state index is 13.2. The molecule has 3 heterocycles. The predicted molar refractivity (Wildman–Crippen MR) is 127 cm³/mol. The number of rotatable bonds is 5. The van der Waals surface area contributed by atoms with Crippen LogP contribution in [0.25, 0.3) is 33.7 Å². The molecule has 0 saturated carbocycles. The normalized spacial score (nSPS) is 10.9. The molecule has 10 heteroatoms. The van der Waals surface area contributed by atoms with Gasteiger partial charge in [-0.05, 0) is 42.0 Å². The number of amides is 2. The summed E-state index contributed by atoms with van der Waals surface area (Å²) in [6.45, 7) is 0. The van der Waals surface area contributed by atoms with Crippen LogP contribution in [0.1, 0.15) is 11.5 Å². The van der Waals surface area contributed by atoms with Crippen molar-refractivity contribution in [1.29, 1.82) is 0 Å². The molecule has 0 aliphatic rings. The topological polar surface area (TPSA) is 126 Å². The zero-order valence-electron chi connectivity index (χ0n) is 18.5. The van der Waals surface area contributed by atoms with E-state index in [1.165, 1.54) is 19.2 Å². The molecule has 0 radical (unpaired) electrons. The summed E-state index contributed by atoms with van der Waals surface area (Å²) in [7, 11) is 1.54. The maximum absolute atomic E-state index is 13.2. The van der Waals surface area contributed by atoms with E-state index in [2.05, 4.69) is 30.8 Å². The van der Waals surface area contributed by atoms with Crippen LogP contribution >= 0.6 is 0 Å². The van der Waals surface area contributed by atoms with E-state index in [-0.39, 0.29) is 29.2 Å². The molecule has 0 aliphatic heterocycles. The molecule has 9 nitrogen and oxygen atoms in total. The minimum atomic E-state index is -0.331. The monoisotopic (exact) mass is 470 g/mol. The largest absolute Gasteiger partial charge is 0.504 e. The van der Waals surface area contributed by atoms with Gasteiger partial charge in [0.15, 0.2) is 11.4 Å². The zero-order chi connectivity index (χ0) is 24.4. The van der Waals surface area contributed by atoms with Gasteiger partial charge in [0.05, 0.1) is 12.1 Å². The number of carbonyl (C=O) groups is 1. The molecule has 2 aromatic carbocycles. The van der Waals surface area contributed by atoms with Crippen LogP contribution in [-0.4, -0.2) is 38.4 Å². The van der Waals surface area contributed by atoms with Crippen molar-refractivity contribution < 1.29 is 18.7 Å². The first kappa shape index (κ1) is 22.0. The second-order valence-corrected chi connectivity index (χ2v) is 7.64. The van der Waals surface area contributed by atoms with Gasteiger partial charge in [-0.2, -0.15) is 0 Å². The number of nitrogens with zero attached hydrogens (tertiary/aromatic N) is 4. The molecular weight excluding hydrogens is 451 g/mol. The minimum absolute atomic E-state index is 0.0336. The number of fused-ring (bicyclic) bond motifs is 1. The first-order valence-electron chi connectivity index (χ1n) is 10.7. The number of anilines is 1. The molecule has 3 aromatic heterocycles. The number of benzene rings is 2. The molecule has 0 saturated heterocycles. The van der Waals surface area contributed by atoms with Crippen molar-refractivity contribution in [3.05, 3.63) is 84.1 Å². The van der Waals surface area contributed by atoms with Crippen LogP contribution in [0.3, 0.4) is 0 Å². The van der Waals surface area contributed by atoms with Gasteiger partial charge in [-0.3, -0.25) is 4.98 Å². The second kappa shape index (κ2) is 9.18. The van der Waals surface area contributed by atoms with Gasteiger partial charge in [0.2, 0.25) is 5.89 Å². The number of aromatic hydroxyl groups is 1. The highest BCUT2D eigenvalue weighted by Gasteiger charge is 2.21. The molecule has 0 aliphatic carbocycles. The van der Waals surface area contributed by atoms with Crippen molar-refractivity contribution in [3.8, 4) is 28.6 Å². The van der Waals surface area contributed by atoms with E-state index in [0.717, 1.165) is 11.1 Å². The Labute approximate surface area is 198 Å². The highest BCUT2D eigenvalue weighted by molar-refractivity contribution is 5.99. The third-order valence-corrected chi connectivity index (χ3v) is 5.32. The minimum Gasteiger partial charge on any atom is -0.504 e. The van der Waals surface area contributed by atoms with E-state index in [1.807, 2.05) is 0 Å². The highest BCUT2D eigenvalue weighted by atomic mass is 19.1.